The third kappa shape index (κ3) is 2.26. The molecule has 116 valence electrons. The van der Waals surface area contributed by atoms with Crippen molar-refractivity contribution in [1.82, 2.24) is 5.32 Å². The number of rotatable bonds is 5. The van der Waals surface area contributed by atoms with E-state index in [1.807, 2.05) is 36.4 Å². The fourth-order valence-electron chi connectivity index (χ4n) is 2.98. The zero-order valence-electron chi connectivity index (χ0n) is 12.6. The van der Waals surface area contributed by atoms with Crippen LogP contribution in [0.4, 0.5) is 0 Å². The van der Waals surface area contributed by atoms with Gasteiger partial charge in [0.1, 0.15) is 0 Å². The van der Waals surface area contributed by atoms with Gasteiger partial charge in [0.05, 0.1) is 0 Å². The van der Waals surface area contributed by atoms with Gasteiger partial charge in [-0.1, -0.05) is 36.4 Å². The quantitative estimate of drug-likeness (QED) is 0.485. The molecule has 0 aromatic heterocycles. The Labute approximate surface area is 129 Å². The number of amides is 1. The summed E-state index contributed by atoms with van der Waals surface area (Å²) >= 11 is 0. The normalized spacial score (nSPS) is 33.3. The zero-order chi connectivity index (χ0) is 16.0. The number of carbonyl (C=O) groups excluding carboxylic acids is 2. The minimum Gasteiger partial charge on any atom is -0.368 e. The van der Waals surface area contributed by atoms with Crippen LogP contribution in [0.3, 0.4) is 0 Å². The van der Waals surface area contributed by atoms with Crippen LogP contribution in [0.2, 0.25) is 0 Å². The molecular formula is C17H19NO4. The van der Waals surface area contributed by atoms with E-state index >= 15 is 0 Å². The smallest absolute Gasteiger partial charge is 0.265 e. The third-order valence-electron chi connectivity index (χ3n) is 4.25. The molecule has 2 N–H and O–H groups in total. The highest BCUT2D eigenvalue weighted by Gasteiger charge is 2.79. The summed E-state index contributed by atoms with van der Waals surface area (Å²) in [4.78, 5) is 24.4. The number of Topliss-reactive ketones (excluding diaryl/α,β-unsaturated/α-hetero) is 1. The highest BCUT2D eigenvalue weighted by atomic mass is 16.6. The van der Waals surface area contributed by atoms with E-state index in [1.165, 1.54) is 12.5 Å². The number of epoxide rings is 1. The summed E-state index contributed by atoms with van der Waals surface area (Å²) in [6.45, 7) is 3.12. The first-order valence-corrected chi connectivity index (χ1v) is 7.36. The van der Waals surface area contributed by atoms with Crippen molar-refractivity contribution in [2.24, 2.45) is 0 Å². The summed E-state index contributed by atoms with van der Waals surface area (Å²) < 4.78 is 5.26. The second kappa shape index (κ2) is 5.04. The maximum atomic E-state index is 12.5. The van der Waals surface area contributed by atoms with Crippen molar-refractivity contribution in [3.8, 4) is 0 Å². The maximum Gasteiger partial charge on any atom is 0.265 e. The lowest BCUT2D eigenvalue weighted by Gasteiger charge is -2.16. The average Bonchev–Trinajstić information content (AvgIpc) is 3.20. The number of ether oxygens (including phenoxy) is 1. The zero-order valence-corrected chi connectivity index (χ0v) is 12.6. The Kier molecular flexibility index (Phi) is 3.42. The van der Waals surface area contributed by atoms with Gasteiger partial charge in [-0.3, -0.25) is 9.59 Å². The number of fused-ring (bicyclic) bond motifs is 1. The molecule has 2 saturated heterocycles. The molecule has 0 aliphatic carbocycles. The molecule has 2 aliphatic rings. The summed E-state index contributed by atoms with van der Waals surface area (Å²) in [5.41, 5.74) is -1.31. The van der Waals surface area contributed by atoms with E-state index < -0.39 is 23.3 Å². The number of hydrogen-bond donors (Lipinski definition) is 2. The summed E-state index contributed by atoms with van der Waals surface area (Å²) in [6.07, 6.45) is 2.56. The molecule has 0 bridgehead atoms. The second-order valence-electron chi connectivity index (χ2n) is 6.08. The maximum absolute atomic E-state index is 12.5. The number of morpholine rings is 1. The molecule has 1 aromatic carbocycles. The van der Waals surface area contributed by atoms with Crippen molar-refractivity contribution >= 4 is 11.7 Å². The first-order chi connectivity index (χ1) is 10.4. The Morgan fingerprint density at radius 3 is 2.64 bits per heavy atom. The van der Waals surface area contributed by atoms with E-state index in [-0.39, 0.29) is 5.78 Å². The highest BCUT2D eigenvalue weighted by Crippen LogP contribution is 2.49. The predicted octanol–water partition coefficient (Wildman–Crippen LogP) is 1.11. The van der Waals surface area contributed by atoms with E-state index in [2.05, 4.69) is 5.32 Å². The first kappa shape index (κ1) is 14.9. The first-order valence-electron chi connectivity index (χ1n) is 7.36. The number of aliphatic hydroxyl groups is 1. The molecule has 2 fully saturated rings. The molecule has 5 heteroatoms. The van der Waals surface area contributed by atoms with Crippen molar-refractivity contribution in [3.63, 3.8) is 0 Å². The van der Waals surface area contributed by atoms with Crippen LogP contribution in [-0.4, -0.2) is 34.2 Å². The molecule has 3 rings (SSSR count). The van der Waals surface area contributed by atoms with Crippen molar-refractivity contribution in [3.05, 3.63) is 47.5 Å². The molecular weight excluding hydrogens is 282 g/mol. The Hall–Kier alpha value is -1.98. The van der Waals surface area contributed by atoms with Crippen LogP contribution in [0.1, 0.15) is 25.8 Å². The number of benzene rings is 1. The lowest BCUT2D eigenvalue weighted by molar-refractivity contribution is -0.137. The van der Waals surface area contributed by atoms with Gasteiger partial charge in [-0.2, -0.15) is 0 Å². The van der Waals surface area contributed by atoms with E-state index in [0.29, 0.717) is 12.0 Å². The molecule has 1 aromatic rings. The van der Waals surface area contributed by atoms with Crippen LogP contribution < -0.4 is 5.32 Å². The van der Waals surface area contributed by atoms with Crippen molar-refractivity contribution in [2.75, 3.05) is 0 Å². The van der Waals surface area contributed by atoms with Crippen LogP contribution >= 0.6 is 0 Å². The number of ketones is 1. The van der Waals surface area contributed by atoms with Crippen molar-refractivity contribution in [1.29, 1.82) is 0 Å². The molecule has 5 nitrogen and oxygen atoms in total. The van der Waals surface area contributed by atoms with Gasteiger partial charge in [0, 0.05) is 0 Å². The van der Waals surface area contributed by atoms with Gasteiger partial charge in [0.2, 0.25) is 11.4 Å². The number of aryl methyl sites for hydroxylation is 1. The van der Waals surface area contributed by atoms with Crippen LogP contribution in [0, 0.1) is 0 Å². The van der Waals surface area contributed by atoms with Crippen LogP contribution in [-0.2, 0) is 20.7 Å². The molecule has 0 saturated carbocycles. The Morgan fingerprint density at radius 1 is 1.41 bits per heavy atom. The molecule has 3 atom stereocenters. The predicted molar refractivity (Wildman–Crippen MR) is 79.9 cm³/mol. The van der Waals surface area contributed by atoms with Crippen LogP contribution in [0.25, 0.3) is 0 Å². The van der Waals surface area contributed by atoms with Gasteiger partial charge in [0.15, 0.2) is 11.8 Å². The highest BCUT2D eigenvalue weighted by molar-refractivity contribution is 6.21. The van der Waals surface area contributed by atoms with Gasteiger partial charge < -0.3 is 15.2 Å². The molecule has 1 unspecified atom stereocenters. The van der Waals surface area contributed by atoms with E-state index in [1.54, 1.807) is 6.92 Å². The van der Waals surface area contributed by atoms with Crippen LogP contribution in [0.15, 0.2) is 42.0 Å². The Bertz CT molecular complexity index is 650. The van der Waals surface area contributed by atoms with Crippen molar-refractivity contribution < 1.29 is 19.4 Å². The number of hydrogen-bond acceptors (Lipinski definition) is 4. The minimum absolute atomic E-state index is 0.360. The fourth-order valence-corrected chi connectivity index (χ4v) is 2.98. The SMILES string of the molecule is CC(=CCCc1ccccc1)C(=O)[C@@]12O[C@@H]1C(C)(O)NC2=O. The van der Waals surface area contributed by atoms with Gasteiger partial charge in [-0.15, -0.1) is 0 Å². The molecule has 0 spiro atoms. The van der Waals surface area contributed by atoms with E-state index in [9.17, 15) is 14.7 Å². The molecule has 2 aliphatic heterocycles. The number of nitrogens with one attached hydrogen (secondary N) is 1. The average molecular weight is 301 g/mol. The monoisotopic (exact) mass is 301 g/mol. The molecule has 1 amide bonds. The second-order valence-corrected chi connectivity index (χ2v) is 6.08. The summed E-state index contributed by atoms with van der Waals surface area (Å²) in [7, 11) is 0. The summed E-state index contributed by atoms with van der Waals surface area (Å²) in [5, 5.41) is 12.4. The summed E-state index contributed by atoms with van der Waals surface area (Å²) in [5.74, 6) is -0.913. The van der Waals surface area contributed by atoms with Gasteiger partial charge in [-0.05, 0) is 37.8 Å². The molecule has 2 heterocycles. The fraction of sp³-hybridized carbons (Fsp3) is 0.412. The molecule has 0 radical (unpaired) electrons. The number of carbonyl (C=O) groups is 2. The number of allylic oxidation sites excluding steroid dienone is 1. The molecule has 22 heavy (non-hydrogen) atoms. The van der Waals surface area contributed by atoms with Crippen LogP contribution in [0.5, 0.6) is 0 Å². The third-order valence-corrected chi connectivity index (χ3v) is 4.25. The lowest BCUT2D eigenvalue weighted by Crippen LogP contribution is -2.45. The van der Waals surface area contributed by atoms with Gasteiger partial charge >= 0.3 is 0 Å². The summed E-state index contributed by atoms with van der Waals surface area (Å²) in [6, 6.07) is 9.98. The Balaban J connectivity index is 1.66. The topological polar surface area (TPSA) is 78.9 Å². The van der Waals surface area contributed by atoms with Gasteiger partial charge in [-0.25, -0.2) is 0 Å². The van der Waals surface area contributed by atoms with Crippen molar-refractivity contribution in [2.45, 2.75) is 44.1 Å². The van der Waals surface area contributed by atoms with E-state index in [0.717, 1.165) is 6.42 Å². The lowest BCUT2D eigenvalue weighted by atomic mass is 9.93. The standard InChI is InChI=1S/C17H19NO4/c1-11(7-6-10-12-8-4-3-5-9-12)13(19)17-14(22-17)16(2,21)18-15(17)20/h3-5,7-9,14,21H,6,10H2,1-2H3,(H,18,20)/t14-,16?,17-/m1/s1. The van der Waals surface area contributed by atoms with E-state index in [4.69, 9.17) is 4.74 Å². The Morgan fingerprint density at radius 2 is 2.09 bits per heavy atom. The van der Waals surface area contributed by atoms with Gasteiger partial charge in [0.25, 0.3) is 5.91 Å². The minimum atomic E-state index is -1.52. The largest absolute Gasteiger partial charge is 0.368 e.